The van der Waals surface area contributed by atoms with Crippen LogP contribution in [0.3, 0.4) is 0 Å². The van der Waals surface area contributed by atoms with Gasteiger partial charge in [0.05, 0.1) is 25.1 Å². The highest BCUT2D eigenvalue weighted by Gasteiger charge is 2.27. The van der Waals surface area contributed by atoms with Crippen LogP contribution in [0, 0.1) is 0 Å². The SMILES string of the molecule is CN=C(NCCCCOCCOC)N1CCN(c2cnn(C)c2)C(=O)C1. The number of carbonyl (C=O) groups excluding carboxylic acids is 1. The van der Waals surface area contributed by atoms with Crippen LogP contribution < -0.4 is 10.2 Å². The predicted octanol–water partition coefficient (Wildman–Crippen LogP) is 0.0873. The summed E-state index contributed by atoms with van der Waals surface area (Å²) in [4.78, 5) is 20.5. The number of hydrogen-bond donors (Lipinski definition) is 1. The second-order valence-corrected chi connectivity index (χ2v) is 6.13. The molecule has 1 saturated heterocycles. The Kier molecular flexibility index (Phi) is 8.36. The Morgan fingerprint density at radius 1 is 1.31 bits per heavy atom. The van der Waals surface area contributed by atoms with Crippen molar-refractivity contribution in [2.24, 2.45) is 12.0 Å². The van der Waals surface area contributed by atoms with E-state index in [1.807, 2.05) is 18.1 Å². The van der Waals surface area contributed by atoms with Gasteiger partial charge in [-0.2, -0.15) is 5.10 Å². The van der Waals surface area contributed by atoms with E-state index in [9.17, 15) is 4.79 Å². The van der Waals surface area contributed by atoms with Crippen LogP contribution >= 0.6 is 0 Å². The summed E-state index contributed by atoms with van der Waals surface area (Å²) in [5, 5.41) is 7.46. The zero-order chi connectivity index (χ0) is 18.8. The summed E-state index contributed by atoms with van der Waals surface area (Å²) in [6.07, 6.45) is 5.53. The smallest absolute Gasteiger partial charge is 0.246 e. The van der Waals surface area contributed by atoms with Crippen LogP contribution in [0.15, 0.2) is 17.4 Å². The molecule has 2 rings (SSSR count). The Balaban J connectivity index is 1.70. The lowest BCUT2D eigenvalue weighted by Crippen LogP contribution is -2.55. The highest BCUT2D eigenvalue weighted by atomic mass is 16.5. The van der Waals surface area contributed by atoms with Crippen LogP contribution in [0.1, 0.15) is 12.8 Å². The number of guanidine groups is 1. The van der Waals surface area contributed by atoms with Gasteiger partial charge < -0.3 is 24.6 Å². The maximum absolute atomic E-state index is 12.5. The average Bonchev–Trinajstić information content (AvgIpc) is 3.06. The van der Waals surface area contributed by atoms with E-state index in [1.165, 1.54) is 0 Å². The number of aliphatic imine (C=N–C) groups is 1. The lowest BCUT2D eigenvalue weighted by molar-refractivity contribution is -0.120. The van der Waals surface area contributed by atoms with Gasteiger partial charge in [-0.1, -0.05) is 0 Å². The minimum Gasteiger partial charge on any atom is -0.382 e. The Hall–Kier alpha value is -2.13. The second-order valence-electron chi connectivity index (χ2n) is 6.13. The zero-order valence-electron chi connectivity index (χ0n) is 16.0. The van der Waals surface area contributed by atoms with Crippen LogP contribution in [0.4, 0.5) is 5.69 Å². The fraction of sp³-hybridized carbons (Fsp3) is 0.706. The van der Waals surface area contributed by atoms with Gasteiger partial charge in [-0.05, 0) is 12.8 Å². The largest absolute Gasteiger partial charge is 0.382 e. The summed E-state index contributed by atoms with van der Waals surface area (Å²) in [7, 11) is 5.26. The summed E-state index contributed by atoms with van der Waals surface area (Å²) in [6.45, 7) is 4.47. The number of carbonyl (C=O) groups is 1. The number of unbranched alkanes of at least 4 members (excludes halogenated alkanes) is 1. The highest BCUT2D eigenvalue weighted by molar-refractivity contribution is 5.98. The number of methoxy groups -OCH3 is 1. The molecule has 1 amide bonds. The van der Waals surface area contributed by atoms with Crippen molar-refractivity contribution in [1.82, 2.24) is 20.0 Å². The number of anilines is 1. The van der Waals surface area contributed by atoms with Gasteiger partial charge in [0, 0.05) is 53.6 Å². The Labute approximate surface area is 154 Å². The van der Waals surface area contributed by atoms with E-state index >= 15 is 0 Å². The first-order chi connectivity index (χ1) is 12.7. The number of nitrogens with one attached hydrogen (secondary N) is 1. The first-order valence-electron chi connectivity index (χ1n) is 8.97. The number of aromatic nitrogens is 2. The first kappa shape index (κ1) is 20.2. The van der Waals surface area contributed by atoms with Crippen molar-refractivity contribution in [3.05, 3.63) is 12.4 Å². The molecule has 26 heavy (non-hydrogen) atoms. The topological polar surface area (TPSA) is 84.2 Å². The molecular formula is C17H30N6O3. The van der Waals surface area contributed by atoms with Crippen molar-refractivity contribution in [3.8, 4) is 0 Å². The standard InChI is InChI=1S/C17H30N6O3/c1-18-17(19-6-4-5-9-26-11-10-25-3)22-7-8-23(16(24)14-22)15-12-20-21(2)13-15/h12-13H,4-11,14H2,1-3H3,(H,18,19). The molecule has 0 aliphatic carbocycles. The third-order valence-electron chi connectivity index (χ3n) is 4.17. The predicted molar refractivity (Wildman–Crippen MR) is 100 cm³/mol. The van der Waals surface area contributed by atoms with Crippen LogP contribution in [0.5, 0.6) is 0 Å². The first-order valence-corrected chi connectivity index (χ1v) is 8.97. The molecule has 0 spiro atoms. The van der Waals surface area contributed by atoms with Gasteiger partial charge >= 0.3 is 0 Å². The van der Waals surface area contributed by atoms with Crippen molar-refractivity contribution in [2.45, 2.75) is 12.8 Å². The monoisotopic (exact) mass is 366 g/mol. The van der Waals surface area contributed by atoms with Crippen LogP contribution in [0.25, 0.3) is 0 Å². The van der Waals surface area contributed by atoms with Gasteiger partial charge in [0.25, 0.3) is 0 Å². The molecule has 0 saturated carbocycles. The van der Waals surface area contributed by atoms with E-state index in [-0.39, 0.29) is 5.91 Å². The molecule has 1 aromatic rings. The second kappa shape index (κ2) is 10.8. The number of hydrogen-bond acceptors (Lipinski definition) is 5. The molecule has 0 atom stereocenters. The van der Waals surface area contributed by atoms with Gasteiger partial charge in [-0.15, -0.1) is 0 Å². The van der Waals surface area contributed by atoms with Gasteiger partial charge in [-0.25, -0.2) is 0 Å². The molecular weight excluding hydrogens is 336 g/mol. The maximum atomic E-state index is 12.5. The van der Waals surface area contributed by atoms with Crippen molar-refractivity contribution in [3.63, 3.8) is 0 Å². The minimum atomic E-state index is 0.0544. The van der Waals surface area contributed by atoms with E-state index in [2.05, 4.69) is 15.4 Å². The molecule has 1 aliphatic rings. The van der Waals surface area contributed by atoms with E-state index in [1.54, 1.807) is 29.9 Å². The van der Waals surface area contributed by atoms with Crippen LogP contribution in [-0.4, -0.2) is 86.7 Å². The molecule has 1 N–H and O–H groups in total. The molecule has 0 bridgehead atoms. The van der Waals surface area contributed by atoms with Crippen LogP contribution in [0.2, 0.25) is 0 Å². The lowest BCUT2D eigenvalue weighted by Gasteiger charge is -2.35. The molecule has 9 nitrogen and oxygen atoms in total. The van der Waals surface area contributed by atoms with Gasteiger partial charge in [0.1, 0.15) is 6.54 Å². The molecule has 2 heterocycles. The van der Waals surface area contributed by atoms with E-state index < -0.39 is 0 Å². The summed E-state index contributed by atoms with van der Waals surface area (Å²) >= 11 is 0. The van der Waals surface area contributed by atoms with Crippen LogP contribution in [-0.2, 0) is 21.3 Å². The number of piperazine rings is 1. The number of aryl methyl sites for hydroxylation is 1. The average molecular weight is 366 g/mol. The summed E-state index contributed by atoms with van der Waals surface area (Å²) in [6, 6.07) is 0. The number of ether oxygens (including phenoxy) is 2. The molecule has 9 heteroatoms. The van der Waals surface area contributed by atoms with Crippen molar-refractivity contribution >= 4 is 17.6 Å². The Bertz CT molecular complexity index is 589. The molecule has 146 valence electrons. The summed E-state index contributed by atoms with van der Waals surface area (Å²) < 4.78 is 12.1. The molecule has 1 aromatic heterocycles. The van der Waals surface area contributed by atoms with Gasteiger partial charge in [0.15, 0.2) is 5.96 Å². The molecule has 1 aliphatic heterocycles. The number of rotatable bonds is 9. The molecule has 1 fully saturated rings. The van der Waals surface area contributed by atoms with Gasteiger partial charge in [0.2, 0.25) is 5.91 Å². The fourth-order valence-electron chi connectivity index (χ4n) is 2.78. The third kappa shape index (κ3) is 5.99. The van der Waals surface area contributed by atoms with E-state index in [0.717, 1.165) is 44.2 Å². The third-order valence-corrected chi connectivity index (χ3v) is 4.17. The van der Waals surface area contributed by atoms with Crippen molar-refractivity contribution in [1.29, 1.82) is 0 Å². The van der Waals surface area contributed by atoms with Gasteiger partial charge in [-0.3, -0.25) is 14.5 Å². The normalized spacial score (nSPS) is 15.7. The zero-order valence-corrected chi connectivity index (χ0v) is 16.0. The fourth-order valence-corrected chi connectivity index (χ4v) is 2.78. The van der Waals surface area contributed by atoms with E-state index in [4.69, 9.17) is 9.47 Å². The van der Waals surface area contributed by atoms with Crippen molar-refractivity contribution in [2.75, 3.05) is 65.1 Å². The maximum Gasteiger partial charge on any atom is 0.246 e. The molecule has 0 unspecified atom stereocenters. The number of nitrogens with zero attached hydrogens (tertiary/aromatic N) is 5. The lowest BCUT2D eigenvalue weighted by atomic mass is 10.3. The summed E-state index contributed by atoms with van der Waals surface area (Å²) in [5.74, 6) is 0.822. The van der Waals surface area contributed by atoms with E-state index in [0.29, 0.717) is 26.3 Å². The quantitative estimate of drug-likeness (QED) is 0.379. The Morgan fingerprint density at radius 2 is 2.15 bits per heavy atom. The summed E-state index contributed by atoms with van der Waals surface area (Å²) in [5.41, 5.74) is 0.841. The molecule has 0 aromatic carbocycles. The Morgan fingerprint density at radius 3 is 2.81 bits per heavy atom. The highest BCUT2D eigenvalue weighted by Crippen LogP contribution is 2.15. The minimum absolute atomic E-state index is 0.0544. The van der Waals surface area contributed by atoms with Crippen molar-refractivity contribution < 1.29 is 14.3 Å². The molecule has 0 radical (unpaired) electrons. The number of amides is 1.